The maximum absolute atomic E-state index is 12.9. The summed E-state index contributed by atoms with van der Waals surface area (Å²) in [7, 11) is -1.13. The molecule has 1 saturated heterocycles. The van der Waals surface area contributed by atoms with Crippen LogP contribution in [0.2, 0.25) is 0 Å². The molecule has 3 rings (SSSR count). The largest absolute Gasteiger partial charge is 0.334 e. The molecular weight excluding hydrogens is 348 g/mol. The molecule has 2 aromatic carbocycles. The number of sulfone groups is 1. The number of rotatable bonds is 5. The lowest BCUT2D eigenvalue weighted by Gasteiger charge is -2.32. The number of nitrogens with zero attached hydrogens (tertiary/aromatic N) is 2. The number of hydrogen-bond donors (Lipinski definition) is 0. The Morgan fingerprint density at radius 2 is 1.42 bits per heavy atom. The summed E-state index contributed by atoms with van der Waals surface area (Å²) in [5.74, 6) is 0.247. The zero-order chi connectivity index (χ0) is 18.6. The fourth-order valence-corrected chi connectivity index (χ4v) is 4.54. The second kappa shape index (κ2) is 8.01. The molecule has 6 heteroatoms. The average molecular weight is 372 g/mol. The molecule has 0 aliphatic carbocycles. The summed E-state index contributed by atoms with van der Waals surface area (Å²) in [4.78, 5) is 16.6. The maximum Gasteiger partial charge on any atom is 0.237 e. The van der Waals surface area contributed by atoms with E-state index < -0.39 is 9.84 Å². The molecule has 1 heterocycles. The van der Waals surface area contributed by atoms with Gasteiger partial charge in [0.25, 0.3) is 0 Å². The molecule has 0 unspecified atom stereocenters. The molecular formula is C20H24N2O3S. The van der Waals surface area contributed by atoms with E-state index in [0.717, 1.165) is 11.1 Å². The lowest BCUT2D eigenvalue weighted by Crippen LogP contribution is -2.46. The molecule has 0 atom stereocenters. The van der Waals surface area contributed by atoms with Gasteiger partial charge in [-0.15, -0.1) is 0 Å². The van der Waals surface area contributed by atoms with Crippen molar-refractivity contribution in [2.24, 2.45) is 0 Å². The van der Waals surface area contributed by atoms with Crippen LogP contribution in [-0.4, -0.2) is 62.3 Å². The van der Waals surface area contributed by atoms with Crippen LogP contribution in [0.25, 0.3) is 0 Å². The predicted octanol–water partition coefficient (Wildman–Crippen LogP) is 1.96. The van der Waals surface area contributed by atoms with E-state index in [2.05, 4.69) is 0 Å². The third-order valence-corrected chi connectivity index (χ3v) is 6.42. The van der Waals surface area contributed by atoms with Crippen molar-refractivity contribution in [3.63, 3.8) is 0 Å². The van der Waals surface area contributed by atoms with Gasteiger partial charge in [0.15, 0.2) is 9.84 Å². The first kappa shape index (κ1) is 18.6. The zero-order valence-electron chi connectivity index (χ0n) is 14.9. The number of carbonyl (C=O) groups is 1. The molecule has 1 aliphatic heterocycles. The van der Waals surface area contributed by atoms with Gasteiger partial charge in [0.1, 0.15) is 0 Å². The van der Waals surface area contributed by atoms with Gasteiger partial charge in [-0.25, -0.2) is 8.42 Å². The highest BCUT2D eigenvalue weighted by Crippen LogP contribution is 2.27. The fraction of sp³-hybridized carbons (Fsp3) is 0.350. The maximum atomic E-state index is 12.9. The number of hydrogen-bond acceptors (Lipinski definition) is 4. The van der Waals surface area contributed by atoms with E-state index in [0.29, 0.717) is 13.1 Å². The molecule has 5 nitrogen and oxygen atoms in total. The molecule has 1 amide bonds. The molecule has 0 bridgehead atoms. The first-order valence-corrected chi connectivity index (χ1v) is 10.6. The third-order valence-electron chi connectivity index (χ3n) is 4.81. The predicted molar refractivity (Wildman–Crippen MR) is 103 cm³/mol. The molecule has 0 spiro atoms. The van der Waals surface area contributed by atoms with Crippen LogP contribution in [0, 0.1) is 0 Å². The normalized spacial score (nSPS) is 17.2. The van der Waals surface area contributed by atoms with E-state index >= 15 is 0 Å². The van der Waals surface area contributed by atoms with Crippen LogP contribution in [0.5, 0.6) is 0 Å². The molecule has 0 saturated carbocycles. The minimum atomic E-state index is -2.94. The molecule has 0 N–H and O–H groups in total. The fourth-order valence-electron chi connectivity index (χ4n) is 3.27. The smallest absolute Gasteiger partial charge is 0.237 e. The highest BCUT2D eigenvalue weighted by atomic mass is 32.2. The van der Waals surface area contributed by atoms with Gasteiger partial charge < -0.3 is 4.90 Å². The Hall–Kier alpha value is -2.18. The molecule has 138 valence electrons. The zero-order valence-corrected chi connectivity index (χ0v) is 15.7. The molecule has 0 aromatic heterocycles. The van der Waals surface area contributed by atoms with E-state index in [9.17, 15) is 13.2 Å². The number of carbonyl (C=O) groups excluding carboxylic acids is 1. The minimum Gasteiger partial charge on any atom is -0.334 e. The molecule has 2 aromatic rings. The van der Waals surface area contributed by atoms with Gasteiger partial charge >= 0.3 is 0 Å². The average Bonchev–Trinajstić information content (AvgIpc) is 2.65. The molecule has 1 aliphatic rings. The van der Waals surface area contributed by atoms with Crippen LogP contribution in [0.15, 0.2) is 60.7 Å². The standard InChI is InChI=1S/C20H24N2O3S/c1-21(19(23)16-22-12-14-26(24,25)15-13-22)20(17-8-4-2-5-9-17)18-10-6-3-7-11-18/h2-11,20H,12-16H2,1H3. The van der Waals surface area contributed by atoms with Crippen molar-refractivity contribution in [1.29, 1.82) is 0 Å². The van der Waals surface area contributed by atoms with Crippen molar-refractivity contribution in [2.75, 3.05) is 38.2 Å². The van der Waals surface area contributed by atoms with Crippen LogP contribution < -0.4 is 0 Å². The van der Waals surface area contributed by atoms with E-state index in [1.54, 1.807) is 4.90 Å². The summed E-state index contributed by atoms with van der Waals surface area (Å²) >= 11 is 0. The number of likely N-dealkylation sites (N-methyl/N-ethyl adjacent to an activating group) is 1. The second-order valence-electron chi connectivity index (χ2n) is 6.66. The van der Waals surface area contributed by atoms with Crippen molar-refractivity contribution in [1.82, 2.24) is 9.80 Å². The van der Waals surface area contributed by atoms with Crippen molar-refractivity contribution < 1.29 is 13.2 Å². The van der Waals surface area contributed by atoms with Crippen LogP contribution in [0.1, 0.15) is 17.2 Å². The van der Waals surface area contributed by atoms with Gasteiger partial charge in [-0.1, -0.05) is 60.7 Å². The van der Waals surface area contributed by atoms with Gasteiger partial charge in [0.2, 0.25) is 5.91 Å². The Bertz CT molecular complexity index is 784. The summed E-state index contributed by atoms with van der Waals surface area (Å²) in [6, 6.07) is 19.7. The topological polar surface area (TPSA) is 57.7 Å². The van der Waals surface area contributed by atoms with Crippen LogP contribution >= 0.6 is 0 Å². The number of benzene rings is 2. The first-order chi connectivity index (χ1) is 12.5. The number of amides is 1. The second-order valence-corrected chi connectivity index (χ2v) is 8.96. The van der Waals surface area contributed by atoms with Gasteiger partial charge in [0, 0.05) is 20.1 Å². The first-order valence-electron chi connectivity index (χ1n) is 8.74. The Labute approximate surface area is 155 Å². The van der Waals surface area contributed by atoms with Gasteiger partial charge in [-0.05, 0) is 11.1 Å². The van der Waals surface area contributed by atoms with Gasteiger partial charge in [-0.3, -0.25) is 9.69 Å². The summed E-state index contributed by atoms with van der Waals surface area (Å²) in [5, 5.41) is 0. The summed E-state index contributed by atoms with van der Waals surface area (Å²) in [6.07, 6.45) is 0. The summed E-state index contributed by atoms with van der Waals surface area (Å²) in [6.45, 7) is 1.08. The van der Waals surface area contributed by atoms with Gasteiger partial charge in [0.05, 0.1) is 24.1 Å². The van der Waals surface area contributed by atoms with E-state index in [4.69, 9.17) is 0 Å². The lowest BCUT2D eigenvalue weighted by molar-refractivity contribution is -0.132. The Kier molecular flexibility index (Phi) is 5.74. The highest BCUT2D eigenvalue weighted by molar-refractivity contribution is 7.91. The summed E-state index contributed by atoms with van der Waals surface area (Å²) in [5.41, 5.74) is 2.10. The Morgan fingerprint density at radius 1 is 0.962 bits per heavy atom. The van der Waals surface area contributed by atoms with E-state index in [1.807, 2.05) is 72.6 Å². The third kappa shape index (κ3) is 4.51. The van der Waals surface area contributed by atoms with Gasteiger partial charge in [-0.2, -0.15) is 0 Å². The minimum absolute atomic E-state index is 0.0120. The van der Waals surface area contributed by atoms with Crippen LogP contribution in [0.3, 0.4) is 0 Å². The van der Waals surface area contributed by atoms with E-state index in [-0.39, 0.29) is 30.0 Å². The summed E-state index contributed by atoms with van der Waals surface area (Å²) < 4.78 is 23.1. The molecule has 0 radical (unpaired) electrons. The Balaban J connectivity index is 1.77. The molecule has 1 fully saturated rings. The van der Waals surface area contributed by atoms with Crippen molar-refractivity contribution >= 4 is 15.7 Å². The SMILES string of the molecule is CN(C(=O)CN1CCS(=O)(=O)CC1)C(c1ccccc1)c1ccccc1. The monoisotopic (exact) mass is 372 g/mol. The van der Waals surface area contributed by atoms with Crippen molar-refractivity contribution in [2.45, 2.75) is 6.04 Å². The van der Waals surface area contributed by atoms with E-state index in [1.165, 1.54) is 0 Å². The van der Waals surface area contributed by atoms with Crippen LogP contribution in [0.4, 0.5) is 0 Å². The highest BCUT2D eigenvalue weighted by Gasteiger charge is 2.27. The lowest BCUT2D eigenvalue weighted by atomic mass is 9.97. The van der Waals surface area contributed by atoms with Crippen molar-refractivity contribution in [3.8, 4) is 0 Å². The molecule has 26 heavy (non-hydrogen) atoms. The Morgan fingerprint density at radius 3 is 1.88 bits per heavy atom. The quantitative estimate of drug-likeness (QED) is 0.805. The van der Waals surface area contributed by atoms with Crippen molar-refractivity contribution in [3.05, 3.63) is 71.8 Å². The van der Waals surface area contributed by atoms with Crippen LogP contribution in [-0.2, 0) is 14.6 Å².